The van der Waals surface area contributed by atoms with E-state index in [1.165, 1.54) is 6.20 Å². The summed E-state index contributed by atoms with van der Waals surface area (Å²) in [6, 6.07) is 3.41. The highest BCUT2D eigenvalue weighted by Crippen LogP contribution is 2.32. The molecule has 0 aliphatic heterocycles. The lowest BCUT2D eigenvalue weighted by molar-refractivity contribution is -0.146. The van der Waals surface area contributed by atoms with Gasteiger partial charge in [-0.05, 0) is 59.7 Å². The van der Waals surface area contributed by atoms with Crippen molar-refractivity contribution in [3.8, 4) is 0 Å². The zero-order chi connectivity index (χ0) is 14.8. The van der Waals surface area contributed by atoms with E-state index in [4.69, 9.17) is 0 Å². The molecule has 1 aromatic rings. The second-order valence-corrected chi connectivity index (χ2v) is 6.21. The van der Waals surface area contributed by atoms with Crippen LogP contribution >= 0.6 is 15.9 Å². The molecule has 1 amide bonds. The number of aromatic nitrogens is 1. The predicted molar refractivity (Wildman–Crippen MR) is 77.4 cm³/mol. The van der Waals surface area contributed by atoms with Gasteiger partial charge in [-0.1, -0.05) is 6.92 Å². The Morgan fingerprint density at radius 2 is 2.10 bits per heavy atom. The largest absolute Gasteiger partial charge is 0.480 e. The predicted octanol–water partition coefficient (Wildman–Crippen LogP) is 2.61. The highest BCUT2D eigenvalue weighted by Gasteiger charge is 2.42. The first kappa shape index (κ1) is 15.0. The molecular weight excluding hydrogens is 324 g/mol. The van der Waals surface area contributed by atoms with Crippen LogP contribution in [0.2, 0.25) is 0 Å². The topological polar surface area (TPSA) is 79.3 Å². The standard InChI is InChI=1S/C14H17BrN2O3/c1-9-4-6-14(7-5-9,13(19)20)17-12(18)11-10(15)3-2-8-16-11/h2-3,8-9H,4-7H2,1H3,(H,17,18)(H,19,20). The van der Waals surface area contributed by atoms with E-state index in [0.717, 1.165) is 12.8 Å². The van der Waals surface area contributed by atoms with Crippen molar-refractivity contribution in [1.29, 1.82) is 0 Å². The monoisotopic (exact) mass is 340 g/mol. The molecule has 1 aliphatic carbocycles. The first-order chi connectivity index (χ1) is 9.44. The minimum atomic E-state index is -1.17. The Bertz CT molecular complexity index is 525. The second-order valence-electron chi connectivity index (χ2n) is 5.36. The SMILES string of the molecule is CC1CCC(NC(=O)c2ncccc2Br)(C(=O)O)CC1. The van der Waals surface area contributed by atoms with Crippen LogP contribution in [-0.2, 0) is 4.79 Å². The van der Waals surface area contributed by atoms with Crippen LogP contribution in [0.1, 0.15) is 43.1 Å². The average Bonchev–Trinajstić information content (AvgIpc) is 2.41. The third-order valence-corrected chi connectivity index (χ3v) is 4.50. The maximum atomic E-state index is 12.3. The summed E-state index contributed by atoms with van der Waals surface area (Å²) in [5, 5.41) is 12.2. The molecule has 1 heterocycles. The zero-order valence-corrected chi connectivity index (χ0v) is 12.8. The Hall–Kier alpha value is -1.43. The minimum Gasteiger partial charge on any atom is -0.480 e. The summed E-state index contributed by atoms with van der Waals surface area (Å²) in [7, 11) is 0. The fourth-order valence-corrected chi connectivity index (χ4v) is 2.91. The number of aliphatic carboxylic acids is 1. The van der Waals surface area contributed by atoms with Gasteiger partial charge < -0.3 is 10.4 Å². The van der Waals surface area contributed by atoms with Crippen LogP contribution in [-0.4, -0.2) is 27.5 Å². The Labute approximate surface area is 125 Å². The number of nitrogens with zero attached hydrogens (tertiary/aromatic N) is 1. The van der Waals surface area contributed by atoms with Gasteiger partial charge in [-0.25, -0.2) is 9.78 Å². The summed E-state index contributed by atoms with van der Waals surface area (Å²) >= 11 is 3.26. The van der Waals surface area contributed by atoms with Crippen molar-refractivity contribution in [3.63, 3.8) is 0 Å². The summed E-state index contributed by atoms with van der Waals surface area (Å²) in [6.45, 7) is 2.10. The molecule has 0 bridgehead atoms. The van der Waals surface area contributed by atoms with Crippen LogP contribution in [0.3, 0.4) is 0 Å². The lowest BCUT2D eigenvalue weighted by atomic mass is 9.77. The van der Waals surface area contributed by atoms with Gasteiger partial charge in [-0.3, -0.25) is 4.79 Å². The molecule has 0 radical (unpaired) electrons. The van der Waals surface area contributed by atoms with Gasteiger partial charge in [0.15, 0.2) is 0 Å². The van der Waals surface area contributed by atoms with Crippen molar-refractivity contribution < 1.29 is 14.7 Å². The quantitative estimate of drug-likeness (QED) is 0.886. The molecule has 108 valence electrons. The molecule has 1 saturated carbocycles. The highest BCUT2D eigenvalue weighted by atomic mass is 79.9. The molecule has 6 heteroatoms. The fraction of sp³-hybridized carbons (Fsp3) is 0.500. The number of amides is 1. The fourth-order valence-electron chi connectivity index (χ4n) is 2.48. The molecule has 2 N–H and O–H groups in total. The number of hydrogen-bond donors (Lipinski definition) is 2. The van der Waals surface area contributed by atoms with Crippen LogP contribution in [0.4, 0.5) is 0 Å². The van der Waals surface area contributed by atoms with Gasteiger partial charge in [0, 0.05) is 10.7 Å². The maximum Gasteiger partial charge on any atom is 0.329 e. The third kappa shape index (κ3) is 3.00. The van der Waals surface area contributed by atoms with Crippen molar-refractivity contribution in [2.45, 2.75) is 38.1 Å². The van der Waals surface area contributed by atoms with Crippen LogP contribution in [0.5, 0.6) is 0 Å². The molecule has 2 rings (SSSR count). The number of carboxylic acid groups (broad SMARTS) is 1. The lowest BCUT2D eigenvalue weighted by Gasteiger charge is -2.36. The van der Waals surface area contributed by atoms with Gasteiger partial charge in [-0.2, -0.15) is 0 Å². The maximum absolute atomic E-state index is 12.3. The zero-order valence-electron chi connectivity index (χ0n) is 11.2. The number of nitrogens with one attached hydrogen (secondary N) is 1. The number of halogens is 1. The molecule has 1 aliphatic rings. The van der Waals surface area contributed by atoms with Crippen molar-refractivity contribution >= 4 is 27.8 Å². The van der Waals surface area contributed by atoms with Gasteiger partial charge >= 0.3 is 5.97 Å². The lowest BCUT2D eigenvalue weighted by Crippen LogP contribution is -2.56. The summed E-state index contributed by atoms with van der Waals surface area (Å²) in [5.74, 6) is -0.916. The Morgan fingerprint density at radius 1 is 1.45 bits per heavy atom. The van der Waals surface area contributed by atoms with Crippen LogP contribution in [0.25, 0.3) is 0 Å². The van der Waals surface area contributed by atoms with Gasteiger partial charge in [0.1, 0.15) is 11.2 Å². The second kappa shape index (κ2) is 5.91. The summed E-state index contributed by atoms with van der Waals surface area (Å²) in [6.07, 6.45) is 4.03. The van der Waals surface area contributed by atoms with E-state index in [-0.39, 0.29) is 5.69 Å². The molecule has 0 aromatic carbocycles. The number of pyridine rings is 1. The first-order valence-corrected chi connectivity index (χ1v) is 7.40. The molecule has 0 unspecified atom stereocenters. The van der Waals surface area contributed by atoms with Gasteiger partial charge in [0.25, 0.3) is 5.91 Å². The molecule has 20 heavy (non-hydrogen) atoms. The molecule has 0 spiro atoms. The average molecular weight is 341 g/mol. The van der Waals surface area contributed by atoms with Gasteiger partial charge in [0.05, 0.1) is 0 Å². The van der Waals surface area contributed by atoms with Crippen LogP contribution < -0.4 is 5.32 Å². The normalized spacial score (nSPS) is 26.0. The van der Waals surface area contributed by atoms with E-state index in [0.29, 0.717) is 23.2 Å². The number of carbonyl (C=O) groups excluding carboxylic acids is 1. The van der Waals surface area contributed by atoms with E-state index in [9.17, 15) is 14.7 Å². The van der Waals surface area contributed by atoms with Gasteiger partial charge in [-0.15, -0.1) is 0 Å². The van der Waals surface area contributed by atoms with E-state index >= 15 is 0 Å². The molecular formula is C14H17BrN2O3. The van der Waals surface area contributed by atoms with Crippen molar-refractivity contribution in [1.82, 2.24) is 10.3 Å². The van der Waals surface area contributed by atoms with Crippen LogP contribution in [0, 0.1) is 5.92 Å². The number of carbonyl (C=O) groups is 2. The van der Waals surface area contributed by atoms with E-state index < -0.39 is 17.4 Å². The van der Waals surface area contributed by atoms with Crippen molar-refractivity contribution in [2.24, 2.45) is 5.92 Å². The van der Waals surface area contributed by atoms with Crippen LogP contribution in [0.15, 0.2) is 22.8 Å². The number of carboxylic acids is 1. The Kier molecular flexibility index (Phi) is 4.42. The molecule has 1 fully saturated rings. The van der Waals surface area contributed by atoms with Crippen molar-refractivity contribution in [3.05, 3.63) is 28.5 Å². The molecule has 1 aromatic heterocycles. The Balaban J connectivity index is 2.19. The number of hydrogen-bond acceptors (Lipinski definition) is 3. The minimum absolute atomic E-state index is 0.215. The third-order valence-electron chi connectivity index (χ3n) is 3.86. The van der Waals surface area contributed by atoms with Crippen molar-refractivity contribution in [2.75, 3.05) is 0 Å². The molecule has 0 atom stereocenters. The first-order valence-electron chi connectivity index (χ1n) is 6.61. The summed E-state index contributed by atoms with van der Waals surface area (Å²) in [4.78, 5) is 27.8. The number of rotatable bonds is 3. The molecule has 5 nitrogen and oxygen atoms in total. The highest BCUT2D eigenvalue weighted by molar-refractivity contribution is 9.10. The van der Waals surface area contributed by atoms with E-state index in [1.807, 2.05) is 0 Å². The van der Waals surface area contributed by atoms with Gasteiger partial charge in [0.2, 0.25) is 0 Å². The Morgan fingerprint density at radius 3 is 2.65 bits per heavy atom. The smallest absolute Gasteiger partial charge is 0.329 e. The summed E-state index contributed by atoms with van der Waals surface area (Å²) in [5.41, 5.74) is -0.952. The van der Waals surface area contributed by atoms with E-state index in [2.05, 4.69) is 33.2 Å². The summed E-state index contributed by atoms with van der Waals surface area (Å²) < 4.78 is 0.558. The molecule has 0 saturated heterocycles. The van der Waals surface area contributed by atoms with E-state index in [1.54, 1.807) is 12.1 Å².